The fraction of sp³-hybridized carbons (Fsp3) is 0.870. The second kappa shape index (κ2) is 7.33. The van der Waals surface area contributed by atoms with Crippen molar-refractivity contribution in [2.24, 2.45) is 22.7 Å². The molecule has 0 aromatic heterocycles. The highest BCUT2D eigenvalue weighted by atomic mass is 28.4. The number of hydrogen-bond acceptors (Lipinski definition) is 2. The normalized spacial score (nSPS) is 34.2. The first-order valence-electron chi connectivity index (χ1n) is 10.7. The van der Waals surface area contributed by atoms with Crippen molar-refractivity contribution in [3.8, 4) is 0 Å². The van der Waals surface area contributed by atoms with Gasteiger partial charge in [0.1, 0.15) is 0 Å². The average molecular weight is 395 g/mol. The third-order valence-electron chi connectivity index (χ3n) is 8.40. The number of hydrogen-bond donors (Lipinski definition) is 1. The van der Waals surface area contributed by atoms with Gasteiger partial charge in [-0.3, -0.25) is 4.79 Å². The molecule has 0 unspecified atom stereocenters. The molecule has 0 heterocycles. The first kappa shape index (κ1) is 22.7. The first-order chi connectivity index (χ1) is 12.1. The molecule has 0 aliphatic heterocycles. The molecule has 27 heavy (non-hydrogen) atoms. The van der Waals surface area contributed by atoms with E-state index >= 15 is 0 Å². The zero-order chi connectivity index (χ0) is 20.8. The van der Waals surface area contributed by atoms with Crippen molar-refractivity contribution in [2.45, 2.75) is 104 Å². The van der Waals surface area contributed by atoms with E-state index in [9.17, 15) is 9.90 Å². The van der Waals surface area contributed by atoms with Crippen molar-refractivity contribution in [2.75, 3.05) is 0 Å². The molecule has 1 N–H and O–H groups in total. The highest BCUT2D eigenvalue weighted by Crippen LogP contribution is 2.62. The highest BCUT2D eigenvalue weighted by Gasteiger charge is 2.57. The maximum Gasteiger partial charge on any atom is 0.303 e. The summed E-state index contributed by atoms with van der Waals surface area (Å²) in [6.07, 6.45) is 5.64. The lowest BCUT2D eigenvalue weighted by molar-refractivity contribution is -0.139. The van der Waals surface area contributed by atoms with Crippen LogP contribution >= 0.6 is 0 Å². The molecule has 0 aromatic rings. The Morgan fingerprint density at radius 2 is 1.85 bits per heavy atom. The van der Waals surface area contributed by atoms with Gasteiger partial charge in [0.15, 0.2) is 8.32 Å². The Hall–Kier alpha value is -0.613. The van der Waals surface area contributed by atoms with E-state index in [0.717, 1.165) is 32.1 Å². The van der Waals surface area contributed by atoms with Gasteiger partial charge in [0.25, 0.3) is 0 Å². The SMILES string of the molecule is C=C1CC[C@@H]2C(C)(C)[C@@H](O[Si](C)(C)C(C)(C)C)CC[C@@]2(C)[C@@H]1CCC(=O)O. The molecule has 3 nitrogen and oxygen atoms in total. The van der Waals surface area contributed by atoms with Gasteiger partial charge in [-0.15, -0.1) is 0 Å². The molecule has 2 rings (SSSR count). The predicted molar refractivity (Wildman–Crippen MR) is 115 cm³/mol. The number of rotatable bonds is 5. The van der Waals surface area contributed by atoms with E-state index in [1.54, 1.807) is 0 Å². The van der Waals surface area contributed by atoms with Gasteiger partial charge in [-0.2, -0.15) is 0 Å². The van der Waals surface area contributed by atoms with Gasteiger partial charge >= 0.3 is 5.97 Å². The van der Waals surface area contributed by atoms with Crippen molar-refractivity contribution < 1.29 is 14.3 Å². The summed E-state index contributed by atoms with van der Waals surface area (Å²) in [7, 11) is -1.82. The van der Waals surface area contributed by atoms with Gasteiger partial charge in [0.2, 0.25) is 0 Å². The third-order valence-corrected chi connectivity index (χ3v) is 12.9. The lowest BCUT2D eigenvalue weighted by Crippen LogP contribution is -2.58. The zero-order valence-corrected chi connectivity index (χ0v) is 19.9. The fourth-order valence-corrected chi connectivity index (χ4v) is 7.18. The molecule has 0 radical (unpaired) electrons. The summed E-state index contributed by atoms with van der Waals surface area (Å²) >= 11 is 0. The van der Waals surface area contributed by atoms with Crippen LogP contribution in [-0.2, 0) is 9.22 Å². The highest BCUT2D eigenvalue weighted by molar-refractivity contribution is 6.74. The van der Waals surface area contributed by atoms with E-state index in [-0.39, 0.29) is 22.3 Å². The Morgan fingerprint density at radius 3 is 2.37 bits per heavy atom. The van der Waals surface area contributed by atoms with E-state index in [0.29, 0.717) is 17.9 Å². The lowest BCUT2D eigenvalue weighted by Gasteiger charge is -2.61. The molecule has 4 atom stereocenters. The van der Waals surface area contributed by atoms with Crippen molar-refractivity contribution in [1.29, 1.82) is 0 Å². The summed E-state index contributed by atoms with van der Waals surface area (Å²) in [6, 6.07) is 0. The standard InChI is InChI=1S/C23H42O3Si/c1-16-10-12-18-22(5,6)19(26-27(8,9)21(2,3)4)14-15-23(18,7)17(16)11-13-20(24)25/h17-19H,1,10-15H2,2-9H3,(H,24,25)/t17-,18-,19+,23+/m1/s1. The van der Waals surface area contributed by atoms with Crippen LogP contribution in [0.25, 0.3) is 0 Å². The summed E-state index contributed by atoms with van der Waals surface area (Å²) in [5.74, 6) is 0.181. The Balaban J connectivity index is 2.28. The minimum atomic E-state index is -1.82. The monoisotopic (exact) mass is 394 g/mol. The van der Waals surface area contributed by atoms with Gasteiger partial charge in [0, 0.05) is 6.42 Å². The summed E-state index contributed by atoms with van der Waals surface area (Å²) < 4.78 is 6.94. The van der Waals surface area contributed by atoms with Gasteiger partial charge in [-0.05, 0) is 72.9 Å². The van der Waals surface area contributed by atoms with Crippen molar-refractivity contribution in [3.63, 3.8) is 0 Å². The van der Waals surface area contributed by atoms with Crippen LogP contribution in [0.2, 0.25) is 18.1 Å². The molecule has 0 aromatic carbocycles. The van der Waals surface area contributed by atoms with E-state index in [2.05, 4.69) is 61.2 Å². The summed E-state index contributed by atoms with van der Waals surface area (Å²) in [4.78, 5) is 11.2. The summed E-state index contributed by atoms with van der Waals surface area (Å²) in [5.41, 5.74) is 1.52. The van der Waals surface area contributed by atoms with Crippen molar-refractivity contribution >= 4 is 14.3 Å². The summed E-state index contributed by atoms with van der Waals surface area (Å²) in [6.45, 7) is 23.2. The number of aliphatic carboxylic acids is 1. The van der Waals surface area contributed by atoms with Crippen LogP contribution in [0.1, 0.15) is 80.1 Å². The number of carboxylic acids is 1. The second-order valence-electron chi connectivity index (χ2n) is 11.5. The smallest absolute Gasteiger partial charge is 0.303 e. The van der Waals surface area contributed by atoms with Crippen LogP contribution in [0.15, 0.2) is 12.2 Å². The van der Waals surface area contributed by atoms with E-state index in [1.165, 1.54) is 5.57 Å². The predicted octanol–water partition coefficient (Wildman–Crippen LogP) is 6.65. The fourth-order valence-electron chi connectivity index (χ4n) is 5.70. The van der Waals surface area contributed by atoms with Gasteiger partial charge in [0.05, 0.1) is 6.10 Å². The molecule has 4 heteroatoms. The maximum absolute atomic E-state index is 11.2. The molecular weight excluding hydrogens is 352 g/mol. The molecular formula is C23H42O3Si. The van der Waals surface area contributed by atoms with Crippen LogP contribution in [0, 0.1) is 22.7 Å². The molecule has 0 amide bonds. The molecule has 2 aliphatic carbocycles. The van der Waals surface area contributed by atoms with Crippen molar-refractivity contribution in [3.05, 3.63) is 12.2 Å². The van der Waals surface area contributed by atoms with Crippen LogP contribution in [-0.4, -0.2) is 25.5 Å². The van der Waals surface area contributed by atoms with Gasteiger partial charge in [-0.1, -0.05) is 53.7 Å². The molecule has 0 spiro atoms. The van der Waals surface area contributed by atoms with Crippen LogP contribution in [0.3, 0.4) is 0 Å². The number of carboxylic acid groups (broad SMARTS) is 1. The topological polar surface area (TPSA) is 46.5 Å². The Kier molecular flexibility index (Phi) is 6.15. The second-order valence-corrected chi connectivity index (χ2v) is 16.2. The quantitative estimate of drug-likeness (QED) is 0.419. The Morgan fingerprint density at radius 1 is 1.26 bits per heavy atom. The Labute approximate surface area is 168 Å². The number of fused-ring (bicyclic) bond motifs is 1. The molecule has 2 aliphatic rings. The molecule has 0 saturated heterocycles. The van der Waals surface area contributed by atoms with Crippen LogP contribution in [0.5, 0.6) is 0 Å². The van der Waals surface area contributed by atoms with E-state index in [1.807, 2.05) is 0 Å². The first-order valence-corrected chi connectivity index (χ1v) is 13.6. The number of allylic oxidation sites excluding steroid dienone is 1. The zero-order valence-electron chi connectivity index (χ0n) is 18.9. The van der Waals surface area contributed by atoms with Crippen molar-refractivity contribution in [1.82, 2.24) is 0 Å². The maximum atomic E-state index is 11.2. The largest absolute Gasteiger partial charge is 0.481 e. The van der Waals surface area contributed by atoms with Gasteiger partial charge < -0.3 is 9.53 Å². The Bertz CT molecular complexity index is 587. The van der Waals surface area contributed by atoms with E-state index in [4.69, 9.17) is 4.43 Å². The number of carbonyl (C=O) groups is 1. The average Bonchev–Trinajstić information content (AvgIpc) is 2.48. The summed E-state index contributed by atoms with van der Waals surface area (Å²) in [5, 5.41) is 9.43. The molecule has 2 fully saturated rings. The van der Waals surface area contributed by atoms with Crippen LogP contribution < -0.4 is 0 Å². The minimum absolute atomic E-state index is 0.102. The molecule has 156 valence electrons. The van der Waals surface area contributed by atoms with Gasteiger partial charge in [-0.25, -0.2) is 0 Å². The van der Waals surface area contributed by atoms with Crippen LogP contribution in [0.4, 0.5) is 0 Å². The third kappa shape index (κ3) is 4.22. The molecule has 0 bridgehead atoms. The van der Waals surface area contributed by atoms with E-state index < -0.39 is 14.3 Å². The minimum Gasteiger partial charge on any atom is -0.481 e. The lowest BCUT2D eigenvalue weighted by atomic mass is 9.46. The molecule has 2 saturated carbocycles.